The summed E-state index contributed by atoms with van der Waals surface area (Å²) in [5, 5.41) is 10.5. The van der Waals surface area contributed by atoms with Crippen molar-refractivity contribution in [2.24, 2.45) is 5.92 Å². The van der Waals surface area contributed by atoms with Gasteiger partial charge in [0, 0.05) is 10.9 Å². The maximum Gasteiger partial charge on any atom is 0.131 e. The van der Waals surface area contributed by atoms with Gasteiger partial charge in [0.05, 0.1) is 0 Å². The Labute approximate surface area is 158 Å². The van der Waals surface area contributed by atoms with E-state index in [1.165, 1.54) is 37.5 Å². The molecule has 1 nitrogen and oxygen atoms in total. The van der Waals surface area contributed by atoms with Crippen LogP contribution < -0.4 is 0 Å². The smallest absolute Gasteiger partial charge is 0.131 e. The average molecular weight is 366 g/mol. The Morgan fingerprint density at radius 1 is 0.889 bits per heavy atom. The Morgan fingerprint density at radius 3 is 2.37 bits per heavy atom. The van der Waals surface area contributed by atoms with Gasteiger partial charge in [0.15, 0.2) is 0 Å². The van der Waals surface area contributed by atoms with E-state index in [1.807, 2.05) is 6.07 Å². The molecule has 140 valence electrons. The molecule has 1 fully saturated rings. The maximum atomic E-state index is 14.9. The minimum Gasteiger partial charge on any atom is -0.508 e. The van der Waals surface area contributed by atoms with E-state index in [0.717, 1.165) is 24.3 Å². The Balaban J connectivity index is 1.65. The van der Waals surface area contributed by atoms with Crippen LogP contribution in [0.4, 0.5) is 8.78 Å². The number of hydrogen-bond acceptors (Lipinski definition) is 1. The molecule has 3 aromatic rings. The van der Waals surface area contributed by atoms with Gasteiger partial charge < -0.3 is 5.11 Å². The lowest BCUT2D eigenvalue weighted by Crippen LogP contribution is -2.12. The highest BCUT2D eigenvalue weighted by Crippen LogP contribution is 2.38. The monoisotopic (exact) mass is 366 g/mol. The molecule has 3 aromatic carbocycles. The molecule has 1 N–H and O–H groups in total. The van der Waals surface area contributed by atoms with Crippen molar-refractivity contribution in [1.29, 1.82) is 0 Å². The molecule has 0 heterocycles. The van der Waals surface area contributed by atoms with Crippen LogP contribution in [0.5, 0.6) is 5.75 Å². The molecule has 1 aliphatic rings. The van der Waals surface area contributed by atoms with Crippen LogP contribution in [0.2, 0.25) is 0 Å². The first kappa shape index (κ1) is 18.0. The van der Waals surface area contributed by atoms with Gasteiger partial charge in [0.1, 0.15) is 17.4 Å². The third-order valence-electron chi connectivity index (χ3n) is 6.09. The summed E-state index contributed by atoms with van der Waals surface area (Å²) in [6.07, 6.45) is 5.89. The Hall–Kier alpha value is -2.42. The lowest BCUT2D eigenvalue weighted by atomic mass is 9.77. The summed E-state index contributed by atoms with van der Waals surface area (Å²) in [7, 11) is 0. The van der Waals surface area contributed by atoms with Crippen molar-refractivity contribution < 1.29 is 13.9 Å². The fraction of sp³-hybridized carbons (Fsp3) is 0.333. The van der Waals surface area contributed by atoms with Crippen molar-refractivity contribution in [3.05, 3.63) is 65.7 Å². The van der Waals surface area contributed by atoms with Gasteiger partial charge in [-0.3, -0.25) is 0 Å². The van der Waals surface area contributed by atoms with E-state index in [9.17, 15) is 13.9 Å². The highest BCUT2D eigenvalue weighted by Gasteiger charge is 2.22. The summed E-state index contributed by atoms with van der Waals surface area (Å²) in [6.45, 7) is 2.24. The minimum absolute atomic E-state index is 0.0162. The van der Waals surface area contributed by atoms with Crippen LogP contribution in [0.15, 0.2) is 48.5 Å². The molecule has 1 saturated carbocycles. The van der Waals surface area contributed by atoms with E-state index < -0.39 is 5.82 Å². The highest BCUT2D eigenvalue weighted by atomic mass is 19.1. The number of benzene rings is 3. The van der Waals surface area contributed by atoms with Crippen molar-refractivity contribution in [2.45, 2.75) is 44.9 Å². The summed E-state index contributed by atoms with van der Waals surface area (Å²) in [5.74, 6) is 0.489. The second-order valence-corrected chi connectivity index (χ2v) is 7.73. The topological polar surface area (TPSA) is 20.2 Å². The molecule has 4 rings (SSSR count). The van der Waals surface area contributed by atoms with Gasteiger partial charge in [-0.05, 0) is 84.4 Å². The zero-order chi connectivity index (χ0) is 19.0. The lowest BCUT2D eigenvalue weighted by Gasteiger charge is -2.28. The average Bonchev–Trinajstić information content (AvgIpc) is 2.68. The van der Waals surface area contributed by atoms with Gasteiger partial charge in [-0.1, -0.05) is 31.5 Å². The maximum absolute atomic E-state index is 14.9. The first-order valence-corrected chi connectivity index (χ1v) is 9.77. The first-order valence-electron chi connectivity index (χ1n) is 9.77. The van der Waals surface area contributed by atoms with Crippen LogP contribution in [0.3, 0.4) is 0 Å². The molecule has 27 heavy (non-hydrogen) atoms. The van der Waals surface area contributed by atoms with Crippen LogP contribution >= 0.6 is 0 Å². The van der Waals surface area contributed by atoms with Crippen molar-refractivity contribution in [2.75, 3.05) is 0 Å². The summed E-state index contributed by atoms with van der Waals surface area (Å²) < 4.78 is 29.3. The van der Waals surface area contributed by atoms with Gasteiger partial charge >= 0.3 is 0 Å². The van der Waals surface area contributed by atoms with Gasteiger partial charge in [0.2, 0.25) is 0 Å². The van der Waals surface area contributed by atoms with Crippen LogP contribution in [0.1, 0.15) is 50.5 Å². The number of aromatic hydroxyl groups is 1. The molecule has 0 atom stereocenters. The fourth-order valence-electron chi connectivity index (χ4n) is 4.38. The number of phenols is 1. The quantitative estimate of drug-likeness (QED) is 0.521. The first-order chi connectivity index (χ1) is 13.0. The molecule has 0 bridgehead atoms. The van der Waals surface area contributed by atoms with Crippen molar-refractivity contribution in [1.82, 2.24) is 0 Å². The molecule has 1 aliphatic carbocycles. The fourth-order valence-corrected chi connectivity index (χ4v) is 4.38. The summed E-state index contributed by atoms with van der Waals surface area (Å²) >= 11 is 0. The largest absolute Gasteiger partial charge is 0.508 e. The Morgan fingerprint density at radius 2 is 1.67 bits per heavy atom. The second-order valence-electron chi connectivity index (χ2n) is 7.73. The van der Waals surface area contributed by atoms with Crippen LogP contribution in [-0.2, 0) is 0 Å². The predicted octanol–water partition coefficient (Wildman–Crippen LogP) is 7.17. The van der Waals surface area contributed by atoms with Crippen LogP contribution in [0.25, 0.3) is 21.9 Å². The molecular formula is C24H24F2O. The van der Waals surface area contributed by atoms with Gasteiger partial charge in [0.25, 0.3) is 0 Å². The van der Waals surface area contributed by atoms with Gasteiger partial charge in [-0.15, -0.1) is 0 Å². The number of rotatable bonds is 3. The van der Waals surface area contributed by atoms with E-state index in [0.29, 0.717) is 27.8 Å². The molecule has 0 amide bonds. The molecule has 0 aliphatic heterocycles. The Kier molecular flexibility index (Phi) is 4.86. The standard InChI is InChI=1S/C24H24F2O/c1-2-15-3-5-16(6-4-15)17-8-10-21(23(25)12-17)19-11-18-7-9-20(27)14-22(18)24(26)13-19/h7-16,27H,2-6H2,1H3. The predicted molar refractivity (Wildman–Crippen MR) is 106 cm³/mol. The normalized spacial score (nSPS) is 20.1. The SMILES string of the molecule is CCC1CCC(c2ccc(-c3cc(F)c4cc(O)ccc4c3)c(F)c2)CC1. The van der Waals surface area contributed by atoms with E-state index >= 15 is 0 Å². The third kappa shape index (κ3) is 3.55. The molecule has 0 radical (unpaired) electrons. The molecule has 3 heteroatoms. The van der Waals surface area contributed by atoms with E-state index in [1.54, 1.807) is 24.3 Å². The molecule has 0 saturated heterocycles. The van der Waals surface area contributed by atoms with Crippen molar-refractivity contribution in [3.63, 3.8) is 0 Å². The zero-order valence-electron chi connectivity index (χ0n) is 15.5. The van der Waals surface area contributed by atoms with E-state index in [4.69, 9.17) is 0 Å². The minimum atomic E-state index is -0.459. The molecular weight excluding hydrogens is 342 g/mol. The Bertz CT molecular complexity index is 972. The van der Waals surface area contributed by atoms with Gasteiger partial charge in [-0.25, -0.2) is 8.78 Å². The summed E-state index contributed by atoms with van der Waals surface area (Å²) in [5.41, 5.74) is 1.98. The second kappa shape index (κ2) is 7.30. The molecule has 0 spiro atoms. The van der Waals surface area contributed by atoms with Gasteiger partial charge in [-0.2, -0.15) is 0 Å². The van der Waals surface area contributed by atoms with Crippen LogP contribution in [-0.4, -0.2) is 5.11 Å². The number of hydrogen-bond donors (Lipinski definition) is 1. The van der Waals surface area contributed by atoms with Crippen molar-refractivity contribution in [3.8, 4) is 16.9 Å². The number of fused-ring (bicyclic) bond motifs is 1. The third-order valence-corrected chi connectivity index (χ3v) is 6.09. The molecule has 0 unspecified atom stereocenters. The summed E-state index contributed by atoms with van der Waals surface area (Å²) in [6, 6.07) is 13.1. The number of halogens is 2. The van der Waals surface area contributed by atoms with Crippen LogP contribution in [0, 0.1) is 17.6 Å². The molecule has 0 aromatic heterocycles. The lowest BCUT2D eigenvalue weighted by molar-refractivity contribution is 0.318. The van der Waals surface area contributed by atoms with E-state index in [-0.39, 0.29) is 11.6 Å². The highest BCUT2D eigenvalue weighted by molar-refractivity contribution is 5.89. The van der Waals surface area contributed by atoms with Crippen molar-refractivity contribution >= 4 is 10.8 Å². The van der Waals surface area contributed by atoms with E-state index in [2.05, 4.69) is 6.92 Å². The number of phenolic OH excluding ortho intramolecular Hbond substituents is 1. The summed E-state index contributed by atoms with van der Waals surface area (Å²) in [4.78, 5) is 0. The zero-order valence-corrected chi connectivity index (χ0v) is 15.5.